The van der Waals surface area contributed by atoms with Gasteiger partial charge in [0.15, 0.2) is 11.5 Å². The topological polar surface area (TPSA) is 118 Å². The van der Waals surface area contributed by atoms with E-state index >= 15 is 0 Å². The van der Waals surface area contributed by atoms with Gasteiger partial charge in [0, 0.05) is 40.3 Å². The maximum atomic E-state index is 14.2. The van der Waals surface area contributed by atoms with Gasteiger partial charge >= 0.3 is 6.09 Å². The van der Waals surface area contributed by atoms with Gasteiger partial charge in [0.25, 0.3) is 11.8 Å². The number of amides is 3. The van der Waals surface area contributed by atoms with E-state index in [-0.39, 0.29) is 51.5 Å². The van der Waals surface area contributed by atoms with Crippen LogP contribution in [0.1, 0.15) is 21.5 Å². The lowest BCUT2D eigenvalue weighted by Gasteiger charge is -2.35. The van der Waals surface area contributed by atoms with E-state index in [2.05, 4.69) is 26.2 Å². The molecule has 0 bridgehead atoms. The van der Waals surface area contributed by atoms with Crippen molar-refractivity contribution in [3.63, 3.8) is 0 Å². The minimum Gasteiger partial charge on any atom is -0.493 e. The van der Waals surface area contributed by atoms with Crippen LogP contribution in [-0.2, 0) is 27.2 Å². The minimum atomic E-state index is -1.37. The summed E-state index contributed by atoms with van der Waals surface area (Å²) in [5, 5.41) is 9.41. The van der Waals surface area contributed by atoms with Crippen LogP contribution in [0.15, 0.2) is 49.1 Å². The molecule has 12 heteroatoms. The van der Waals surface area contributed by atoms with Crippen molar-refractivity contribution in [1.82, 2.24) is 9.80 Å². The van der Waals surface area contributed by atoms with Crippen LogP contribution in [0.3, 0.4) is 0 Å². The molecule has 0 fully saturated rings. The second kappa shape index (κ2) is 14.7. The van der Waals surface area contributed by atoms with Crippen LogP contribution in [0.5, 0.6) is 11.5 Å². The molecule has 2 aliphatic rings. The zero-order chi connectivity index (χ0) is 31.9. The summed E-state index contributed by atoms with van der Waals surface area (Å²) in [5.41, 5.74) is 2.74. The largest absolute Gasteiger partial charge is 0.493 e. The van der Waals surface area contributed by atoms with Gasteiger partial charge in [0.2, 0.25) is 0 Å². The third-order valence-corrected chi connectivity index (χ3v) is 9.36. The Kier molecular flexibility index (Phi) is 11.1. The lowest BCUT2D eigenvalue weighted by atomic mass is 9.93. The van der Waals surface area contributed by atoms with Gasteiger partial charge in [-0.15, -0.1) is 0 Å². The number of anilines is 1. The number of nitrogens with zero attached hydrogens (tertiary/aromatic N) is 3. The van der Waals surface area contributed by atoms with Gasteiger partial charge in [-0.3, -0.25) is 14.5 Å². The molecule has 0 saturated carbocycles. The van der Waals surface area contributed by atoms with Crippen molar-refractivity contribution in [3.05, 3.63) is 65.7 Å². The normalized spacial score (nSPS) is 16.0. The van der Waals surface area contributed by atoms with Crippen LogP contribution in [-0.4, -0.2) is 100 Å². The number of aliphatic hydroxyl groups is 1. The lowest BCUT2D eigenvalue weighted by Crippen LogP contribution is -2.51. The molecule has 0 radical (unpaired) electrons. The van der Waals surface area contributed by atoms with Crippen LogP contribution in [0, 0.1) is 0 Å². The summed E-state index contributed by atoms with van der Waals surface area (Å²) < 4.78 is 22.8. The molecule has 2 heterocycles. The van der Waals surface area contributed by atoms with Gasteiger partial charge in [0.1, 0.15) is 26.0 Å². The molecule has 0 aromatic heterocycles. The molecule has 0 aliphatic carbocycles. The first-order valence-electron chi connectivity index (χ1n) is 14.8. The second-order valence-corrected chi connectivity index (χ2v) is 17.6. The predicted molar refractivity (Wildman–Crippen MR) is 169 cm³/mol. The Labute approximate surface area is 259 Å². The van der Waals surface area contributed by atoms with Gasteiger partial charge < -0.3 is 33.9 Å². The van der Waals surface area contributed by atoms with Crippen LogP contribution < -0.4 is 14.4 Å². The van der Waals surface area contributed by atoms with Crippen molar-refractivity contribution >= 4 is 31.7 Å². The van der Waals surface area contributed by atoms with Crippen molar-refractivity contribution in [2.75, 3.05) is 58.3 Å². The fraction of sp³-hybridized carbons (Fsp3) is 0.469. The number of carbonyl (C=O) groups is 3. The highest BCUT2D eigenvalue weighted by molar-refractivity contribution is 6.76. The average Bonchev–Trinajstić information content (AvgIpc) is 3.08. The Morgan fingerprint density at radius 1 is 1.11 bits per heavy atom. The summed E-state index contributed by atoms with van der Waals surface area (Å²) in [6.45, 7) is 11.1. The van der Waals surface area contributed by atoms with Gasteiger partial charge in [-0.05, 0) is 23.2 Å². The molecule has 4 rings (SSSR count). The first-order valence-corrected chi connectivity index (χ1v) is 18.5. The molecular weight excluding hydrogens is 582 g/mol. The number of benzene rings is 2. The van der Waals surface area contributed by atoms with Crippen molar-refractivity contribution in [2.24, 2.45) is 0 Å². The van der Waals surface area contributed by atoms with Crippen molar-refractivity contribution in [1.29, 1.82) is 0 Å². The summed E-state index contributed by atoms with van der Waals surface area (Å²) in [5.74, 6) is 0.102. The first-order chi connectivity index (χ1) is 21.1. The molecular formula is C32H43N3O8Si. The Balaban J connectivity index is 1.65. The number of methoxy groups -OCH3 is 1. The molecule has 1 atom stereocenters. The maximum Gasteiger partial charge on any atom is 0.410 e. The van der Waals surface area contributed by atoms with E-state index in [0.29, 0.717) is 42.3 Å². The molecule has 44 heavy (non-hydrogen) atoms. The lowest BCUT2D eigenvalue weighted by molar-refractivity contribution is -0.124. The quantitative estimate of drug-likeness (QED) is 0.191. The summed E-state index contributed by atoms with van der Waals surface area (Å²) in [7, 11) is 0.101. The molecule has 0 saturated heterocycles. The zero-order valence-electron chi connectivity index (χ0n) is 26.0. The highest BCUT2D eigenvalue weighted by Gasteiger charge is 2.43. The fourth-order valence-electron chi connectivity index (χ4n) is 5.20. The standard InChI is InChI=1S/C32H43N3O8Si/c1-6-14-43-32(39)33(11-13-36)12-15-42-29-20-26-25(19-28(29)40-2)30(37)34-21-24-10-8-7-9-23(24)18-27(34)31(38)35(26)22-41-16-17-44(3,4)5/h6-10,19-20,27,36H,1,11-18,21-22H2,2-5H3/t27-/m0/s1. The number of aliphatic hydroxyl groups excluding tert-OH is 1. The van der Waals surface area contributed by atoms with Crippen molar-refractivity contribution in [3.8, 4) is 11.5 Å². The van der Waals surface area contributed by atoms with Crippen LogP contribution in [0.4, 0.5) is 10.5 Å². The predicted octanol–water partition coefficient (Wildman–Crippen LogP) is 3.92. The Hall–Kier alpha value is -3.87. The molecule has 2 aliphatic heterocycles. The van der Waals surface area contributed by atoms with Crippen LogP contribution in [0.25, 0.3) is 0 Å². The zero-order valence-corrected chi connectivity index (χ0v) is 27.0. The van der Waals surface area contributed by atoms with E-state index in [1.165, 1.54) is 23.0 Å². The second-order valence-electron chi connectivity index (χ2n) is 12.0. The average molecular weight is 626 g/mol. The van der Waals surface area contributed by atoms with E-state index in [1.54, 1.807) is 17.0 Å². The van der Waals surface area contributed by atoms with E-state index in [1.807, 2.05) is 24.3 Å². The number of hydrogen-bond acceptors (Lipinski definition) is 8. The molecule has 0 unspecified atom stereocenters. The third kappa shape index (κ3) is 7.79. The molecule has 238 valence electrons. The molecule has 11 nitrogen and oxygen atoms in total. The maximum absolute atomic E-state index is 14.2. The van der Waals surface area contributed by atoms with Gasteiger partial charge in [0.05, 0.1) is 31.5 Å². The van der Waals surface area contributed by atoms with E-state index in [4.69, 9.17) is 18.9 Å². The smallest absolute Gasteiger partial charge is 0.410 e. The highest BCUT2D eigenvalue weighted by Crippen LogP contribution is 2.40. The van der Waals surface area contributed by atoms with E-state index < -0.39 is 20.2 Å². The fourth-order valence-corrected chi connectivity index (χ4v) is 5.95. The number of hydrogen-bond donors (Lipinski definition) is 1. The summed E-state index contributed by atoms with van der Waals surface area (Å²) in [4.78, 5) is 45.1. The number of fused-ring (bicyclic) bond motifs is 3. The van der Waals surface area contributed by atoms with Crippen molar-refractivity contribution in [2.45, 2.75) is 44.7 Å². The Morgan fingerprint density at radius 2 is 1.86 bits per heavy atom. The molecule has 2 aromatic rings. The van der Waals surface area contributed by atoms with Crippen LogP contribution in [0.2, 0.25) is 25.7 Å². The van der Waals surface area contributed by atoms with Crippen molar-refractivity contribution < 1.29 is 38.4 Å². The molecule has 1 N–H and O–H groups in total. The SMILES string of the molecule is C=CCOC(=O)N(CCO)CCOc1cc2c(cc1OC)C(=O)N1Cc3ccccc3C[C@H]1C(=O)N2COCC[Si](C)(C)C. The van der Waals surface area contributed by atoms with Crippen LogP contribution >= 0.6 is 0 Å². The highest BCUT2D eigenvalue weighted by atomic mass is 28.3. The van der Waals surface area contributed by atoms with Gasteiger partial charge in [-0.1, -0.05) is 56.6 Å². The Morgan fingerprint density at radius 3 is 2.55 bits per heavy atom. The summed E-state index contributed by atoms with van der Waals surface area (Å²) >= 11 is 0. The minimum absolute atomic E-state index is 0.0131. The van der Waals surface area contributed by atoms with E-state index in [9.17, 15) is 19.5 Å². The molecule has 3 amide bonds. The van der Waals surface area contributed by atoms with Gasteiger partial charge in [-0.25, -0.2) is 4.79 Å². The number of carbonyl (C=O) groups excluding carboxylic acids is 3. The number of ether oxygens (including phenoxy) is 4. The summed E-state index contributed by atoms with van der Waals surface area (Å²) in [6.07, 6.45) is 1.26. The number of rotatable bonds is 14. The van der Waals surface area contributed by atoms with Gasteiger partial charge in [-0.2, -0.15) is 0 Å². The summed E-state index contributed by atoms with van der Waals surface area (Å²) in [6, 6.07) is 11.3. The molecule has 0 spiro atoms. The first kappa shape index (κ1) is 33.0. The molecule has 2 aromatic carbocycles. The van der Waals surface area contributed by atoms with E-state index in [0.717, 1.165) is 17.2 Å². The third-order valence-electron chi connectivity index (χ3n) is 7.65. The Bertz CT molecular complexity index is 1360. The monoisotopic (exact) mass is 625 g/mol.